The zero-order valence-corrected chi connectivity index (χ0v) is 19.2. The second kappa shape index (κ2) is 9.88. The van der Waals surface area contributed by atoms with Gasteiger partial charge in [0.2, 0.25) is 0 Å². The molecule has 3 aromatic carbocycles. The maximum atomic E-state index is 13.4. The molecule has 0 fully saturated rings. The molecule has 9 nitrogen and oxygen atoms in total. The van der Waals surface area contributed by atoms with Gasteiger partial charge >= 0.3 is 5.69 Å². The Bertz CT molecular complexity index is 1290. The van der Waals surface area contributed by atoms with Crippen molar-refractivity contribution in [1.29, 1.82) is 0 Å². The molecule has 0 spiro atoms. The molecule has 3 aromatic rings. The van der Waals surface area contributed by atoms with Crippen LogP contribution in [0.5, 0.6) is 11.5 Å². The summed E-state index contributed by atoms with van der Waals surface area (Å²) >= 11 is 6.16. The van der Waals surface area contributed by atoms with Crippen LogP contribution in [0.15, 0.2) is 71.6 Å². The fraction of sp³-hybridized carbons (Fsp3) is 0.136. The maximum absolute atomic E-state index is 13.4. The summed E-state index contributed by atoms with van der Waals surface area (Å²) in [4.78, 5) is 23.5. The van der Waals surface area contributed by atoms with Gasteiger partial charge in [-0.25, -0.2) is 8.42 Å². The molecule has 11 heteroatoms. The molecular weight excluding hydrogens is 472 g/mol. The number of halogens is 1. The SMILES string of the molecule is COc1ccc(N(C(=O)COc2ccccc2[N+](=O)[O-])S(=O)(=O)c2ccc(C)cc2)cc1Cl. The van der Waals surface area contributed by atoms with Gasteiger partial charge in [-0.3, -0.25) is 14.9 Å². The first-order valence-electron chi connectivity index (χ1n) is 9.49. The van der Waals surface area contributed by atoms with Gasteiger partial charge in [0, 0.05) is 6.07 Å². The van der Waals surface area contributed by atoms with Crippen LogP contribution in [0, 0.1) is 17.0 Å². The van der Waals surface area contributed by atoms with E-state index in [1.165, 1.54) is 61.7 Å². The van der Waals surface area contributed by atoms with Crippen molar-refractivity contribution in [3.63, 3.8) is 0 Å². The minimum atomic E-state index is -4.37. The number of benzene rings is 3. The third-order valence-corrected chi connectivity index (χ3v) is 6.63. The van der Waals surface area contributed by atoms with Crippen LogP contribution in [0.1, 0.15) is 5.56 Å². The van der Waals surface area contributed by atoms with Crippen molar-refractivity contribution in [2.24, 2.45) is 0 Å². The van der Waals surface area contributed by atoms with Crippen molar-refractivity contribution in [2.45, 2.75) is 11.8 Å². The van der Waals surface area contributed by atoms with Gasteiger partial charge in [-0.15, -0.1) is 0 Å². The van der Waals surface area contributed by atoms with Gasteiger partial charge in [0.25, 0.3) is 15.9 Å². The molecule has 0 radical (unpaired) electrons. The first-order chi connectivity index (χ1) is 15.6. The van der Waals surface area contributed by atoms with E-state index < -0.39 is 27.5 Å². The van der Waals surface area contributed by atoms with Gasteiger partial charge in [-0.05, 0) is 43.3 Å². The van der Waals surface area contributed by atoms with E-state index in [4.69, 9.17) is 21.1 Å². The fourth-order valence-electron chi connectivity index (χ4n) is 2.94. The molecule has 0 heterocycles. The van der Waals surface area contributed by atoms with Gasteiger partial charge < -0.3 is 9.47 Å². The highest BCUT2D eigenvalue weighted by atomic mass is 35.5. The average molecular weight is 491 g/mol. The van der Waals surface area contributed by atoms with E-state index in [-0.39, 0.29) is 32.8 Å². The average Bonchev–Trinajstić information content (AvgIpc) is 2.78. The zero-order valence-electron chi connectivity index (χ0n) is 17.6. The predicted molar refractivity (Wildman–Crippen MR) is 122 cm³/mol. The smallest absolute Gasteiger partial charge is 0.310 e. The molecule has 0 unspecified atom stereocenters. The highest BCUT2D eigenvalue weighted by Gasteiger charge is 2.32. The van der Waals surface area contributed by atoms with E-state index in [1.807, 2.05) is 0 Å². The fourth-order valence-corrected chi connectivity index (χ4v) is 4.60. The minimum absolute atomic E-state index is 0.0439. The lowest BCUT2D eigenvalue weighted by molar-refractivity contribution is -0.385. The van der Waals surface area contributed by atoms with Gasteiger partial charge in [-0.1, -0.05) is 41.4 Å². The molecule has 0 atom stereocenters. The van der Waals surface area contributed by atoms with E-state index >= 15 is 0 Å². The number of nitro benzene ring substituents is 1. The highest BCUT2D eigenvalue weighted by molar-refractivity contribution is 7.93. The second-order valence-electron chi connectivity index (χ2n) is 6.81. The maximum Gasteiger partial charge on any atom is 0.310 e. The van der Waals surface area contributed by atoms with E-state index in [9.17, 15) is 23.3 Å². The molecule has 0 saturated heterocycles. The Balaban J connectivity index is 2.01. The number of methoxy groups -OCH3 is 1. The van der Waals surface area contributed by atoms with E-state index in [1.54, 1.807) is 19.1 Å². The lowest BCUT2D eigenvalue weighted by Crippen LogP contribution is -2.40. The van der Waals surface area contributed by atoms with Crippen LogP contribution in [0.2, 0.25) is 5.02 Å². The number of anilines is 1. The van der Waals surface area contributed by atoms with E-state index in [0.717, 1.165) is 5.56 Å². The van der Waals surface area contributed by atoms with Gasteiger partial charge in [0.15, 0.2) is 12.4 Å². The number of para-hydroxylation sites is 2. The number of carbonyl (C=O) groups excluding carboxylic acids is 1. The van der Waals surface area contributed by atoms with Crippen molar-refractivity contribution >= 4 is 38.9 Å². The molecule has 33 heavy (non-hydrogen) atoms. The third-order valence-electron chi connectivity index (χ3n) is 4.57. The molecule has 0 aliphatic rings. The van der Waals surface area contributed by atoms with Gasteiger partial charge in [0.1, 0.15) is 5.75 Å². The monoisotopic (exact) mass is 490 g/mol. The Labute approximate surface area is 195 Å². The van der Waals surface area contributed by atoms with Crippen LogP contribution in [0.4, 0.5) is 11.4 Å². The summed E-state index contributed by atoms with van der Waals surface area (Å²) < 4.78 is 37.8. The lowest BCUT2D eigenvalue weighted by atomic mass is 10.2. The minimum Gasteiger partial charge on any atom is -0.495 e. The highest BCUT2D eigenvalue weighted by Crippen LogP contribution is 2.33. The van der Waals surface area contributed by atoms with Gasteiger partial charge in [-0.2, -0.15) is 4.31 Å². The Morgan fingerprint density at radius 2 is 1.73 bits per heavy atom. The number of sulfonamides is 1. The van der Waals surface area contributed by atoms with E-state index in [2.05, 4.69) is 0 Å². The van der Waals surface area contributed by atoms with Crippen LogP contribution >= 0.6 is 11.6 Å². The molecule has 172 valence electrons. The molecular formula is C22H19ClN2O7S. The summed E-state index contributed by atoms with van der Waals surface area (Å²) in [5.74, 6) is -0.858. The normalized spacial score (nSPS) is 11.0. The largest absolute Gasteiger partial charge is 0.495 e. The number of aryl methyl sites for hydroxylation is 1. The van der Waals surface area contributed by atoms with Crippen LogP contribution in [-0.2, 0) is 14.8 Å². The van der Waals surface area contributed by atoms with Crippen molar-refractivity contribution in [3.05, 3.63) is 87.4 Å². The summed E-state index contributed by atoms with van der Waals surface area (Å²) in [5, 5.41) is 11.3. The van der Waals surface area contributed by atoms with Crippen LogP contribution in [0.3, 0.4) is 0 Å². The predicted octanol–water partition coefficient (Wildman–Crippen LogP) is 4.37. The first kappa shape index (κ1) is 24.0. The van der Waals surface area contributed by atoms with Crippen molar-refractivity contribution in [2.75, 3.05) is 18.0 Å². The third kappa shape index (κ3) is 5.24. The number of nitro groups is 1. The summed E-state index contributed by atoms with van der Waals surface area (Å²) in [6, 6.07) is 15.5. The van der Waals surface area contributed by atoms with Crippen LogP contribution in [-0.4, -0.2) is 33.0 Å². The van der Waals surface area contributed by atoms with Gasteiger partial charge in [0.05, 0.1) is 27.6 Å². The Morgan fingerprint density at radius 3 is 2.33 bits per heavy atom. The Kier molecular flexibility index (Phi) is 7.19. The Hall–Kier alpha value is -3.63. The molecule has 1 amide bonds. The zero-order chi connectivity index (χ0) is 24.2. The number of carbonyl (C=O) groups is 1. The quantitative estimate of drug-likeness (QED) is 0.340. The van der Waals surface area contributed by atoms with Crippen molar-refractivity contribution in [3.8, 4) is 11.5 Å². The van der Waals surface area contributed by atoms with Crippen molar-refractivity contribution < 1.29 is 27.6 Å². The molecule has 0 aromatic heterocycles. The molecule has 0 saturated carbocycles. The number of hydrogen-bond donors (Lipinski definition) is 0. The molecule has 0 N–H and O–H groups in total. The summed E-state index contributed by atoms with van der Waals surface area (Å²) in [7, 11) is -2.97. The Morgan fingerprint density at radius 1 is 1.06 bits per heavy atom. The molecule has 0 aliphatic carbocycles. The second-order valence-corrected chi connectivity index (χ2v) is 9.00. The van der Waals surface area contributed by atoms with Crippen LogP contribution < -0.4 is 13.8 Å². The summed E-state index contributed by atoms with van der Waals surface area (Å²) in [6.07, 6.45) is 0. The number of rotatable bonds is 8. The summed E-state index contributed by atoms with van der Waals surface area (Å²) in [6.45, 7) is 1.02. The number of amides is 1. The van der Waals surface area contributed by atoms with Crippen molar-refractivity contribution in [1.82, 2.24) is 0 Å². The van der Waals surface area contributed by atoms with Crippen LogP contribution in [0.25, 0.3) is 0 Å². The number of ether oxygens (including phenoxy) is 2. The standard InChI is InChI=1S/C22H19ClN2O7S/c1-15-7-10-17(11-8-15)33(29,30)24(16-9-12-20(31-2)18(23)13-16)22(26)14-32-21-6-4-3-5-19(21)25(27)28/h3-13H,14H2,1-2H3. The lowest BCUT2D eigenvalue weighted by Gasteiger charge is -2.23. The molecule has 0 bridgehead atoms. The molecule has 3 rings (SSSR count). The topological polar surface area (TPSA) is 116 Å². The first-order valence-corrected chi connectivity index (χ1v) is 11.3. The summed E-state index contributed by atoms with van der Waals surface area (Å²) in [5.41, 5.74) is 0.433. The van der Waals surface area contributed by atoms with E-state index in [0.29, 0.717) is 4.31 Å². The molecule has 0 aliphatic heterocycles. The number of hydrogen-bond acceptors (Lipinski definition) is 7. The number of nitrogens with zero attached hydrogens (tertiary/aromatic N) is 2.